The van der Waals surface area contributed by atoms with Crippen LogP contribution in [-0.2, 0) is 11.2 Å². The topological polar surface area (TPSA) is 36.3 Å². The number of thiophene rings is 1. The zero-order valence-electron chi connectivity index (χ0n) is 10.9. The fourth-order valence-corrected chi connectivity index (χ4v) is 3.37. The van der Waals surface area contributed by atoms with Crippen molar-refractivity contribution in [2.45, 2.75) is 32.6 Å². The van der Waals surface area contributed by atoms with E-state index < -0.39 is 0 Å². The Balaban J connectivity index is 2.08. The molecule has 1 aliphatic heterocycles. The van der Waals surface area contributed by atoms with Gasteiger partial charge in [-0.3, -0.25) is 0 Å². The van der Waals surface area contributed by atoms with Crippen LogP contribution in [0.1, 0.15) is 37.3 Å². The molecule has 0 aliphatic carbocycles. The van der Waals surface area contributed by atoms with Crippen LogP contribution in [0.3, 0.4) is 0 Å². The molecule has 0 unspecified atom stereocenters. The summed E-state index contributed by atoms with van der Waals surface area (Å²) < 4.78 is 5.36. The zero-order valence-corrected chi connectivity index (χ0v) is 11.8. The summed E-state index contributed by atoms with van der Waals surface area (Å²) in [6.07, 6.45) is 4.69. The van der Waals surface area contributed by atoms with Crippen LogP contribution in [0.2, 0.25) is 0 Å². The standard InChI is InChI=1S/C14H20N2OS/c1-2-3-4-5-12-11-18-14(13(12)10-15)16-6-8-17-9-7-16/h11H,2-9H2,1H3. The van der Waals surface area contributed by atoms with E-state index in [9.17, 15) is 5.26 Å². The van der Waals surface area contributed by atoms with Crippen molar-refractivity contribution in [3.05, 3.63) is 16.5 Å². The first-order chi connectivity index (χ1) is 8.86. The summed E-state index contributed by atoms with van der Waals surface area (Å²) in [4.78, 5) is 2.29. The summed E-state index contributed by atoms with van der Waals surface area (Å²) in [6.45, 7) is 5.56. The first-order valence-corrected chi connectivity index (χ1v) is 7.58. The van der Waals surface area contributed by atoms with Crippen molar-refractivity contribution in [2.75, 3.05) is 31.2 Å². The molecule has 1 aromatic rings. The predicted molar refractivity (Wildman–Crippen MR) is 75.3 cm³/mol. The van der Waals surface area contributed by atoms with Crippen molar-refractivity contribution >= 4 is 16.3 Å². The molecule has 1 aliphatic rings. The Morgan fingerprint density at radius 1 is 1.39 bits per heavy atom. The SMILES string of the molecule is CCCCCc1csc(N2CCOCC2)c1C#N. The lowest BCUT2D eigenvalue weighted by Crippen LogP contribution is -2.36. The monoisotopic (exact) mass is 264 g/mol. The minimum absolute atomic E-state index is 0.772. The fourth-order valence-electron chi connectivity index (χ4n) is 2.25. The Morgan fingerprint density at radius 3 is 2.83 bits per heavy atom. The lowest BCUT2D eigenvalue weighted by molar-refractivity contribution is 0.123. The summed E-state index contributed by atoms with van der Waals surface area (Å²) in [5, 5.41) is 12.7. The third-order valence-corrected chi connectivity index (χ3v) is 4.40. The highest BCUT2D eigenvalue weighted by atomic mass is 32.1. The smallest absolute Gasteiger partial charge is 0.109 e. The van der Waals surface area contributed by atoms with Gasteiger partial charge in [0.05, 0.1) is 18.8 Å². The number of morpholine rings is 1. The number of hydrogen-bond acceptors (Lipinski definition) is 4. The number of unbranched alkanes of at least 4 members (excludes halogenated alkanes) is 2. The van der Waals surface area contributed by atoms with Crippen LogP contribution in [-0.4, -0.2) is 26.3 Å². The molecule has 0 amide bonds. The van der Waals surface area contributed by atoms with Gasteiger partial charge in [-0.05, 0) is 23.8 Å². The van der Waals surface area contributed by atoms with E-state index in [1.807, 2.05) is 0 Å². The second-order valence-corrected chi connectivity index (χ2v) is 5.47. The molecule has 2 heterocycles. The molecule has 0 radical (unpaired) electrons. The van der Waals surface area contributed by atoms with E-state index in [0.717, 1.165) is 43.3 Å². The zero-order chi connectivity index (χ0) is 12.8. The summed E-state index contributed by atoms with van der Waals surface area (Å²) in [5.74, 6) is 0. The first kappa shape index (κ1) is 13.4. The van der Waals surface area contributed by atoms with E-state index in [-0.39, 0.29) is 0 Å². The van der Waals surface area contributed by atoms with E-state index >= 15 is 0 Å². The maximum atomic E-state index is 9.37. The lowest BCUT2D eigenvalue weighted by Gasteiger charge is -2.27. The van der Waals surface area contributed by atoms with Crippen molar-refractivity contribution in [1.29, 1.82) is 5.26 Å². The first-order valence-electron chi connectivity index (χ1n) is 6.70. The van der Waals surface area contributed by atoms with Gasteiger partial charge in [-0.1, -0.05) is 19.8 Å². The number of rotatable bonds is 5. The molecule has 0 bridgehead atoms. The Hall–Kier alpha value is -1.05. The van der Waals surface area contributed by atoms with Gasteiger partial charge >= 0.3 is 0 Å². The molecule has 18 heavy (non-hydrogen) atoms. The van der Waals surface area contributed by atoms with Crippen LogP contribution >= 0.6 is 11.3 Å². The predicted octanol–water partition coefficient (Wildman–Crippen LogP) is 3.19. The molecular weight excluding hydrogens is 244 g/mol. The Bertz CT molecular complexity index is 416. The van der Waals surface area contributed by atoms with Gasteiger partial charge in [0.1, 0.15) is 11.1 Å². The van der Waals surface area contributed by atoms with Crippen molar-refractivity contribution in [3.63, 3.8) is 0 Å². The molecule has 2 rings (SSSR count). The van der Waals surface area contributed by atoms with Crippen LogP contribution in [0.15, 0.2) is 5.38 Å². The second kappa shape index (κ2) is 6.77. The van der Waals surface area contributed by atoms with E-state index in [2.05, 4.69) is 23.3 Å². The summed E-state index contributed by atoms with van der Waals surface area (Å²) in [7, 11) is 0. The number of ether oxygens (including phenoxy) is 1. The molecule has 1 saturated heterocycles. The molecule has 1 aromatic heterocycles. The number of hydrogen-bond donors (Lipinski definition) is 0. The van der Waals surface area contributed by atoms with Crippen molar-refractivity contribution in [2.24, 2.45) is 0 Å². The summed E-state index contributed by atoms with van der Waals surface area (Å²) >= 11 is 1.71. The molecule has 3 nitrogen and oxygen atoms in total. The fraction of sp³-hybridized carbons (Fsp3) is 0.643. The average Bonchev–Trinajstić information content (AvgIpc) is 2.83. The molecule has 0 aromatic carbocycles. The normalized spacial score (nSPS) is 15.7. The van der Waals surface area contributed by atoms with Crippen LogP contribution in [0.4, 0.5) is 5.00 Å². The van der Waals surface area contributed by atoms with E-state index in [4.69, 9.17) is 4.74 Å². The quantitative estimate of drug-likeness (QED) is 0.766. The molecular formula is C14H20N2OS. The molecule has 1 fully saturated rings. The Labute approximate surface area is 113 Å². The van der Waals surface area contributed by atoms with Crippen LogP contribution < -0.4 is 4.90 Å². The van der Waals surface area contributed by atoms with Gasteiger partial charge in [0.15, 0.2) is 0 Å². The van der Waals surface area contributed by atoms with Crippen LogP contribution in [0, 0.1) is 11.3 Å². The summed E-state index contributed by atoms with van der Waals surface area (Å²) in [6, 6.07) is 2.40. The third kappa shape index (κ3) is 3.04. The molecule has 0 saturated carbocycles. The minimum atomic E-state index is 0.772. The number of nitrogens with zero attached hydrogens (tertiary/aromatic N) is 2. The minimum Gasteiger partial charge on any atom is -0.378 e. The maximum absolute atomic E-state index is 9.37. The highest BCUT2D eigenvalue weighted by Crippen LogP contribution is 2.32. The second-order valence-electron chi connectivity index (χ2n) is 4.61. The number of anilines is 1. The van der Waals surface area contributed by atoms with Gasteiger partial charge in [-0.25, -0.2) is 0 Å². The molecule has 0 atom stereocenters. The van der Waals surface area contributed by atoms with Gasteiger partial charge in [-0.15, -0.1) is 11.3 Å². The van der Waals surface area contributed by atoms with E-state index in [1.54, 1.807) is 11.3 Å². The van der Waals surface area contributed by atoms with Gasteiger partial charge in [-0.2, -0.15) is 5.26 Å². The number of aryl methyl sites for hydroxylation is 1. The van der Waals surface area contributed by atoms with Gasteiger partial charge < -0.3 is 9.64 Å². The molecule has 0 N–H and O–H groups in total. The molecule has 98 valence electrons. The van der Waals surface area contributed by atoms with Gasteiger partial charge in [0, 0.05) is 13.1 Å². The van der Waals surface area contributed by atoms with Crippen LogP contribution in [0.5, 0.6) is 0 Å². The average molecular weight is 264 g/mol. The summed E-state index contributed by atoms with van der Waals surface area (Å²) in [5.41, 5.74) is 2.13. The van der Waals surface area contributed by atoms with E-state index in [0.29, 0.717) is 0 Å². The Morgan fingerprint density at radius 2 is 2.17 bits per heavy atom. The largest absolute Gasteiger partial charge is 0.378 e. The van der Waals surface area contributed by atoms with E-state index in [1.165, 1.54) is 24.8 Å². The Kier molecular flexibility index (Phi) is 5.03. The van der Waals surface area contributed by atoms with Crippen molar-refractivity contribution in [3.8, 4) is 6.07 Å². The molecule has 0 spiro atoms. The van der Waals surface area contributed by atoms with Crippen molar-refractivity contribution < 1.29 is 4.74 Å². The van der Waals surface area contributed by atoms with Crippen molar-refractivity contribution in [1.82, 2.24) is 0 Å². The van der Waals surface area contributed by atoms with Gasteiger partial charge in [0.2, 0.25) is 0 Å². The third-order valence-electron chi connectivity index (χ3n) is 3.31. The molecule has 4 heteroatoms. The highest BCUT2D eigenvalue weighted by molar-refractivity contribution is 7.14. The highest BCUT2D eigenvalue weighted by Gasteiger charge is 2.19. The maximum Gasteiger partial charge on any atom is 0.109 e. The number of nitriles is 1. The van der Waals surface area contributed by atoms with Crippen LogP contribution in [0.25, 0.3) is 0 Å². The van der Waals surface area contributed by atoms with Gasteiger partial charge in [0.25, 0.3) is 0 Å². The lowest BCUT2D eigenvalue weighted by atomic mass is 10.1.